The van der Waals surface area contributed by atoms with Crippen LogP contribution in [0.25, 0.3) is 0 Å². The molecule has 2 atom stereocenters. The highest BCUT2D eigenvalue weighted by molar-refractivity contribution is 5.31. The number of aromatic nitrogens is 2. The van der Waals surface area contributed by atoms with E-state index < -0.39 is 0 Å². The molecule has 3 rings (SSSR count). The van der Waals surface area contributed by atoms with E-state index in [-0.39, 0.29) is 0 Å². The Morgan fingerprint density at radius 3 is 2.53 bits per heavy atom. The second kappa shape index (κ2) is 4.80. The predicted octanol–water partition coefficient (Wildman–Crippen LogP) is 1.19. The standard InChI is InChI=1S/C14H24N4O/c1-9-13(14(19-3)17(2)16-9)8-18-11-4-5-12(18)7-10(15)6-11/h10-12H,4-8,15H2,1-3H3. The number of aryl methyl sites for hydroxylation is 2. The Labute approximate surface area is 114 Å². The van der Waals surface area contributed by atoms with Gasteiger partial charge in [-0.1, -0.05) is 0 Å². The van der Waals surface area contributed by atoms with Crippen LogP contribution in [0.5, 0.6) is 5.88 Å². The van der Waals surface area contributed by atoms with Crippen molar-refractivity contribution in [2.24, 2.45) is 12.8 Å². The number of nitrogens with zero attached hydrogens (tertiary/aromatic N) is 3. The van der Waals surface area contributed by atoms with Crippen molar-refractivity contribution in [1.29, 1.82) is 0 Å². The van der Waals surface area contributed by atoms with E-state index in [1.54, 1.807) is 7.11 Å². The SMILES string of the molecule is COc1c(CN2C3CCC2CC(N)C3)c(C)nn1C. The van der Waals surface area contributed by atoms with Crippen LogP contribution >= 0.6 is 0 Å². The minimum atomic E-state index is 0.394. The number of rotatable bonds is 3. The van der Waals surface area contributed by atoms with Gasteiger partial charge in [0.2, 0.25) is 5.88 Å². The van der Waals surface area contributed by atoms with Gasteiger partial charge in [0.05, 0.1) is 18.4 Å². The lowest BCUT2D eigenvalue weighted by atomic mass is 9.97. The van der Waals surface area contributed by atoms with Gasteiger partial charge < -0.3 is 10.5 Å². The molecule has 19 heavy (non-hydrogen) atoms. The molecule has 1 aromatic heterocycles. The summed E-state index contributed by atoms with van der Waals surface area (Å²) in [6.45, 7) is 3.01. The zero-order chi connectivity index (χ0) is 13.6. The lowest BCUT2D eigenvalue weighted by Gasteiger charge is -2.37. The highest BCUT2D eigenvalue weighted by Gasteiger charge is 2.40. The molecule has 2 fully saturated rings. The molecule has 5 nitrogen and oxygen atoms in total. The summed E-state index contributed by atoms with van der Waals surface area (Å²) in [6.07, 6.45) is 4.86. The van der Waals surface area contributed by atoms with Crippen molar-refractivity contribution in [3.05, 3.63) is 11.3 Å². The highest BCUT2D eigenvalue weighted by atomic mass is 16.5. The summed E-state index contributed by atoms with van der Waals surface area (Å²) < 4.78 is 7.34. The molecule has 2 saturated heterocycles. The number of ether oxygens (including phenoxy) is 1. The van der Waals surface area contributed by atoms with Crippen LogP contribution in [0.4, 0.5) is 0 Å². The smallest absolute Gasteiger partial charge is 0.216 e. The minimum absolute atomic E-state index is 0.394. The first kappa shape index (κ1) is 12.9. The predicted molar refractivity (Wildman–Crippen MR) is 74.1 cm³/mol. The van der Waals surface area contributed by atoms with Crippen LogP contribution in [-0.4, -0.2) is 39.9 Å². The Bertz CT molecular complexity index is 456. The van der Waals surface area contributed by atoms with Gasteiger partial charge in [0.15, 0.2) is 0 Å². The van der Waals surface area contributed by atoms with Gasteiger partial charge in [-0.2, -0.15) is 5.10 Å². The lowest BCUT2D eigenvalue weighted by Crippen LogP contribution is -2.46. The van der Waals surface area contributed by atoms with Gasteiger partial charge in [-0.05, 0) is 32.6 Å². The summed E-state index contributed by atoms with van der Waals surface area (Å²) in [5.74, 6) is 0.895. The molecule has 2 aliphatic heterocycles. The van der Waals surface area contributed by atoms with E-state index in [2.05, 4.69) is 16.9 Å². The maximum atomic E-state index is 6.13. The summed E-state index contributed by atoms with van der Waals surface area (Å²) in [5, 5.41) is 4.47. The fraction of sp³-hybridized carbons (Fsp3) is 0.786. The summed E-state index contributed by atoms with van der Waals surface area (Å²) in [6, 6.07) is 1.70. The van der Waals surface area contributed by atoms with E-state index in [1.165, 1.54) is 18.4 Å². The molecular formula is C14H24N4O. The first-order valence-corrected chi connectivity index (χ1v) is 7.18. The Kier molecular flexibility index (Phi) is 3.27. The third kappa shape index (κ3) is 2.15. The van der Waals surface area contributed by atoms with E-state index in [4.69, 9.17) is 10.5 Å². The van der Waals surface area contributed by atoms with Crippen molar-refractivity contribution in [3.8, 4) is 5.88 Å². The van der Waals surface area contributed by atoms with Crippen molar-refractivity contribution < 1.29 is 4.74 Å². The van der Waals surface area contributed by atoms with Gasteiger partial charge in [0.25, 0.3) is 0 Å². The Balaban J connectivity index is 1.83. The largest absolute Gasteiger partial charge is 0.481 e. The molecule has 0 radical (unpaired) electrons. The normalized spacial score (nSPS) is 30.8. The average molecular weight is 264 g/mol. The first-order chi connectivity index (χ1) is 9.10. The molecule has 0 spiro atoms. The molecule has 2 unspecified atom stereocenters. The van der Waals surface area contributed by atoms with Gasteiger partial charge in [0, 0.05) is 31.7 Å². The molecule has 0 aliphatic carbocycles. The van der Waals surface area contributed by atoms with E-state index >= 15 is 0 Å². The molecule has 1 aromatic rings. The zero-order valence-electron chi connectivity index (χ0n) is 12.1. The summed E-state index contributed by atoms with van der Waals surface area (Å²) in [5.41, 5.74) is 8.44. The van der Waals surface area contributed by atoms with Crippen LogP contribution < -0.4 is 10.5 Å². The zero-order valence-corrected chi connectivity index (χ0v) is 12.1. The topological polar surface area (TPSA) is 56.3 Å². The van der Waals surface area contributed by atoms with Crippen LogP contribution in [-0.2, 0) is 13.6 Å². The van der Waals surface area contributed by atoms with Gasteiger partial charge in [-0.3, -0.25) is 4.90 Å². The van der Waals surface area contributed by atoms with E-state index in [0.717, 1.165) is 31.0 Å². The monoisotopic (exact) mass is 264 g/mol. The molecule has 3 heterocycles. The van der Waals surface area contributed by atoms with Gasteiger partial charge in [0.1, 0.15) is 0 Å². The first-order valence-electron chi connectivity index (χ1n) is 7.18. The second-order valence-corrected chi connectivity index (χ2v) is 5.99. The van der Waals surface area contributed by atoms with Crippen molar-refractivity contribution in [2.45, 2.75) is 57.3 Å². The van der Waals surface area contributed by atoms with Gasteiger partial charge >= 0.3 is 0 Å². The molecule has 0 aromatic carbocycles. The fourth-order valence-corrected chi connectivity index (χ4v) is 3.88. The molecule has 5 heteroatoms. The average Bonchev–Trinajstić information content (AvgIpc) is 2.75. The number of methoxy groups -OCH3 is 1. The van der Waals surface area contributed by atoms with Crippen LogP contribution in [0.15, 0.2) is 0 Å². The molecule has 0 amide bonds. The Morgan fingerprint density at radius 1 is 1.32 bits per heavy atom. The van der Waals surface area contributed by atoms with Crippen molar-refractivity contribution >= 4 is 0 Å². The third-order valence-electron chi connectivity index (χ3n) is 4.74. The third-order valence-corrected chi connectivity index (χ3v) is 4.74. The summed E-state index contributed by atoms with van der Waals surface area (Å²) in [4.78, 5) is 2.62. The van der Waals surface area contributed by atoms with Crippen LogP contribution in [0.3, 0.4) is 0 Å². The van der Waals surface area contributed by atoms with Crippen molar-refractivity contribution in [2.75, 3.05) is 7.11 Å². The van der Waals surface area contributed by atoms with E-state index in [0.29, 0.717) is 18.1 Å². The van der Waals surface area contributed by atoms with E-state index in [9.17, 15) is 0 Å². The molecule has 0 saturated carbocycles. The minimum Gasteiger partial charge on any atom is -0.481 e. The Morgan fingerprint density at radius 2 is 1.95 bits per heavy atom. The molecule has 106 valence electrons. The number of nitrogens with two attached hydrogens (primary N) is 1. The summed E-state index contributed by atoms with van der Waals surface area (Å²) in [7, 11) is 3.66. The quantitative estimate of drug-likeness (QED) is 0.891. The second-order valence-electron chi connectivity index (χ2n) is 5.99. The molecular weight excluding hydrogens is 240 g/mol. The van der Waals surface area contributed by atoms with Crippen LogP contribution in [0.2, 0.25) is 0 Å². The number of hydrogen-bond acceptors (Lipinski definition) is 4. The van der Waals surface area contributed by atoms with Crippen LogP contribution in [0, 0.1) is 6.92 Å². The number of piperidine rings is 1. The number of fused-ring (bicyclic) bond motifs is 2. The van der Waals surface area contributed by atoms with Crippen molar-refractivity contribution in [3.63, 3.8) is 0 Å². The summed E-state index contributed by atoms with van der Waals surface area (Å²) >= 11 is 0. The lowest BCUT2D eigenvalue weighted by molar-refractivity contribution is 0.118. The Hall–Kier alpha value is -1.07. The van der Waals surface area contributed by atoms with Gasteiger partial charge in [-0.25, -0.2) is 4.68 Å². The fourth-order valence-electron chi connectivity index (χ4n) is 3.88. The maximum absolute atomic E-state index is 6.13. The molecule has 2 bridgehead atoms. The van der Waals surface area contributed by atoms with Crippen LogP contribution in [0.1, 0.15) is 36.9 Å². The molecule has 2 aliphatic rings. The maximum Gasteiger partial charge on any atom is 0.216 e. The highest BCUT2D eigenvalue weighted by Crippen LogP contribution is 2.37. The van der Waals surface area contributed by atoms with Crippen molar-refractivity contribution in [1.82, 2.24) is 14.7 Å². The van der Waals surface area contributed by atoms with E-state index in [1.807, 2.05) is 11.7 Å². The van der Waals surface area contributed by atoms with Gasteiger partial charge in [-0.15, -0.1) is 0 Å². The number of hydrogen-bond donors (Lipinski definition) is 1. The molecule has 2 N–H and O–H groups in total.